The minimum absolute atomic E-state index is 0.359. The van der Waals surface area contributed by atoms with Crippen molar-refractivity contribution >= 4 is 6.09 Å². The van der Waals surface area contributed by atoms with Crippen molar-refractivity contribution in [2.24, 2.45) is 0 Å². The van der Waals surface area contributed by atoms with Gasteiger partial charge in [0.15, 0.2) is 0 Å². The molecule has 6 nitrogen and oxygen atoms in total. The zero-order valence-corrected chi connectivity index (χ0v) is 16.2. The molecule has 0 saturated carbocycles. The first-order valence-electron chi connectivity index (χ1n) is 8.76. The van der Waals surface area contributed by atoms with Crippen molar-refractivity contribution in [1.82, 2.24) is 9.88 Å². The second-order valence-electron chi connectivity index (χ2n) is 7.49. The average Bonchev–Trinajstić information content (AvgIpc) is 2.54. The number of methoxy groups -OCH3 is 2. The van der Waals surface area contributed by atoms with Crippen molar-refractivity contribution in [2.45, 2.75) is 64.9 Å². The molecule has 0 aliphatic heterocycles. The molecule has 25 heavy (non-hydrogen) atoms. The molecule has 1 aromatic heterocycles. The van der Waals surface area contributed by atoms with Crippen LogP contribution in [0.1, 0.15) is 62.4 Å². The molecule has 0 fully saturated rings. The van der Waals surface area contributed by atoms with Gasteiger partial charge in [-0.3, -0.25) is 4.98 Å². The number of hydrogen-bond acceptors (Lipinski definition) is 5. The number of carbonyl (C=O) groups excluding carboxylic acids is 1. The fraction of sp³-hybridized carbons (Fsp3) is 0.684. The second-order valence-corrected chi connectivity index (χ2v) is 7.49. The molecule has 0 bridgehead atoms. The fourth-order valence-electron chi connectivity index (χ4n) is 3.01. The predicted octanol–water partition coefficient (Wildman–Crippen LogP) is 3.62. The topological polar surface area (TPSA) is 60.9 Å². The van der Waals surface area contributed by atoms with Gasteiger partial charge in [-0.05, 0) is 57.6 Å². The van der Waals surface area contributed by atoms with Crippen molar-refractivity contribution < 1.29 is 19.0 Å². The Labute approximate surface area is 150 Å². The lowest BCUT2D eigenvalue weighted by molar-refractivity contribution is -0.109. The van der Waals surface area contributed by atoms with Gasteiger partial charge in [-0.15, -0.1) is 0 Å². The van der Waals surface area contributed by atoms with Gasteiger partial charge in [-0.25, -0.2) is 4.79 Å². The highest BCUT2D eigenvalue weighted by Crippen LogP contribution is 2.28. The molecule has 0 unspecified atom stereocenters. The molecule has 0 radical (unpaired) electrons. The summed E-state index contributed by atoms with van der Waals surface area (Å²) in [6.07, 6.45) is 3.42. The average molecular weight is 350 g/mol. The molecule has 0 spiro atoms. The molecule has 0 saturated heterocycles. The first-order valence-corrected chi connectivity index (χ1v) is 8.76. The molecule has 0 atom stereocenters. The van der Waals surface area contributed by atoms with E-state index in [0.29, 0.717) is 6.54 Å². The van der Waals surface area contributed by atoms with Gasteiger partial charge in [-0.2, -0.15) is 0 Å². The van der Waals surface area contributed by atoms with Crippen molar-refractivity contribution in [3.8, 4) is 0 Å². The second kappa shape index (κ2) is 8.15. The summed E-state index contributed by atoms with van der Waals surface area (Å²) in [7, 11) is 4.92. The Bertz CT molecular complexity index is 606. The normalized spacial score (nSPS) is 14.4. The third-order valence-corrected chi connectivity index (χ3v) is 4.18. The van der Waals surface area contributed by atoms with E-state index in [1.807, 2.05) is 20.8 Å². The third kappa shape index (κ3) is 5.16. The zero-order chi connectivity index (χ0) is 18.6. The maximum Gasteiger partial charge on any atom is 0.410 e. The third-order valence-electron chi connectivity index (χ3n) is 4.18. The number of pyridine rings is 1. The molecule has 6 heteroatoms. The van der Waals surface area contributed by atoms with E-state index in [9.17, 15) is 4.79 Å². The minimum Gasteiger partial charge on any atom is -0.444 e. The SMILES string of the molecule is COC(OC)c1nc2c(cc1CN(C)C(=O)OC(C)(C)C)CCCC2. The molecule has 1 aromatic rings. The number of amides is 1. The van der Waals surface area contributed by atoms with Crippen molar-refractivity contribution in [3.05, 3.63) is 28.6 Å². The first-order chi connectivity index (χ1) is 11.7. The van der Waals surface area contributed by atoms with E-state index in [2.05, 4.69) is 6.07 Å². The van der Waals surface area contributed by atoms with Crippen LogP contribution in [-0.2, 0) is 33.6 Å². The van der Waals surface area contributed by atoms with Crippen LogP contribution in [0.15, 0.2) is 6.07 Å². The van der Waals surface area contributed by atoms with Crippen LogP contribution >= 0.6 is 0 Å². The van der Waals surface area contributed by atoms with Crippen LogP contribution < -0.4 is 0 Å². The Hall–Kier alpha value is -1.66. The van der Waals surface area contributed by atoms with E-state index < -0.39 is 11.9 Å². The molecule has 0 N–H and O–H groups in total. The van der Waals surface area contributed by atoms with E-state index in [0.717, 1.165) is 36.2 Å². The fourth-order valence-corrected chi connectivity index (χ4v) is 3.01. The first kappa shape index (κ1) is 19.7. The van der Waals surface area contributed by atoms with Gasteiger partial charge in [0.25, 0.3) is 0 Å². The summed E-state index contributed by atoms with van der Waals surface area (Å²) in [6.45, 7) is 5.97. The summed E-state index contributed by atoms with van der Waals surface area (Å²) in [5.41, 5.74) is 3.52. The van der Waals surface area contributed by atoms with E-state index in [1.54, 1.807) is 26.2 Å². The number of aromatic nitrogens is 1. The Morgan fingerprint density at radius 3 is 2.48 bits per heavy atom. The molecule has 2 rings (SSSR count). The lowest BCUT2D eigenvalue weighted by atomic mass is 9.93. The largest absolute Gasteiger partial charge is 0.444 e. The standard InChI is InChI=1S/C19H30N2O4/c1-19(2,3)25-18(22)21(4)12-14-11-13-9-7-8-10-15(13)20-16(14)17(23-5)24-6/h11,17H,7-10,12H2,1-6H3. The summed E-state index contributed by atoms with van der Waals surface area (Å²) in [6, 6.07) is 2.14. The number of fused-ring (bicyclic) bond motifs is 1. The quantitative estimate of drug-likeness (QED) is 0.759. The zero-order valence-electron chi connectivity index (χ0n) is 16.2. The lowest BCUT2D eigenvalue weighted by Crippen LogP contribution is -2.34. The maximum atomic E-state index is 12.3. The predicted molar refractivity (Wildman–Crippen MR) is 95.3 cm³/mol. The van der Waals surface area contributed by atoms with Crippen LogP contribution in [0.25, 0.3) is 0 Å². The minimum atomic E-state index is -0.547. The van der Waals surface area contributed by atoms with Crippen molar-refractivity contribution in [2.75, 3.05) is 21.3 Å². The van der Waals surface area contributed by atoms with Gasteiger partial charge in [0, 0.05) is 27.0 Å². The molecular weight excluding hydrogens is 320 g/mol. The Balaban J connectivity index is 2.29. The highest BCUT2D eigenvalue weighted by atomic mass is 16.7. The Kier molecular flexibility index (Phi) is 6.41. The number of carbonyl (C=O) groups is 1. The van der Waals surface area contributed by atoms with Gasteiger partial charge >= 0.3 is 6.09 Å². The molecule has 1 aliphatic rings. The highest BCUT2D eigenvalue weighted by Gasteiger charge is 2.24. The number of rotatable bonds is 5. The van der Waals surface area contributed by atoms with Gasteiger partial charge in [0.1, 0.15) is 11.3 Å². The van der Waals surface area contributed by atoms with Crippen LogP contribution in [0.4, 0.5) is 4.79 Å². The smallest absolute Gasteiger partial charge is 0.410 e. The molecule has 0 aromatic carbocycles. The van der Waals surface area contributed by atoms with Crippen LogP contribution in [-0.4, -0.2) is 42.8 Å². The molecular formula is C19H30N2O4. The van der Waals surface area contributed by atoms with Gasteiger partial charge in [0.05, 0.1) is 6.54 Å². The van der Waals surface area contributed by atoms with E-state index >= 15 is 0 Å². The molecule has 1 aliphatic carbocycles. The Morgan fingerprint density at radius 1 is 1.24 bits per heavy atom. The van der Waals surface area contributed by atoms with Crippen molar-refractivity contribution in [1.29, 1.82) is 0 Å². The Morgan fingerprint density at radius 2 is 1.88 bits per heavy atom. The van der Waals surface area contributed by atoms with Crippen LogP contribution in [0.5, 0.6) is 0 Å². The summed E-state index contributed by atoms with van der Waals surface area (Å²) < 4.78 is 16.3. The monoisotopic (exact) mass is 350 g/mol. The number of aryl methyl sites for hydroxylation is 2. The van der Waals surface area contributed by atoms with Gasteiger partial charge in [0.2, 0.25) is 6.29 Å². The molecule has 140 valence electrons. The van der Waals surface area contributed by atoms with E-state index in [4.69, 9.17) is 19.2 Å². The number of hydrogen-bond donors (Lipinski definition) is 0. The van der Waals surface area contributed by atoms with Crippen LogP contribution in [0.3, 0.4) is 0 Å². The summed E-state index contributed by atoms with van der Waals surface area (Å²) >= 11 is 0. The van der Waals surface area contributed by atoms with E-state index in [1.165, 1.54) is 12.0 Å². The van der Waals surface area contributed by atoms with Crippen LogP contribution in [0.2, 0.25) is 0 Å². The summed E-state index contributed by atoms with van der Waals surface area (Å²) in [5.74, 6) is 0. The van der Waals surface area contributed by atoms with Crippen LogP contribution in [0, 0.1) is 0 Å². The number of ether oxygens (including phenoxy) is 3. The van der Waals surface area contributed by atoms with Gasteiger partial charge in [-0.1, -0.05) is 6.07 Å². The summed E-state index contributed by atoms with van der Waals surface area (Å²) in [5, 5.41) is 0. The highest BCUT2D eigenvalue weighted by molar-refractivity contribution is 5.67. The van der Waals surface area contributed by atoms with E-state index in [-0.39, 0.29) is 6.09 Å². The molecule has 1 amide bonds. The number of nitrogens with zero attached hydrogens (tertiary/aromatic N) is 2. The maximum absolute atomic E-state index is 12.3. The molecule has 1 heterocycles. The van der Waals surface area contributed by atoms with Crippen molar-refractivity contribution in [3.63, 3.8) is 0 Å². The van der Waals surface area contributed by atoms with Gasteiger partial charge < -0.3 is 19.1 Å². The summed E-state index contributed by atoms with van der Waals surface area (Å²) in [4.78, 5) is 18.7. The lowest BCUT2D eigenvalue weighted by Gasteiger charge is -2.27.